The summed E-state index contributed by atoms with van der Waals surface area (Å²) in [6, 6.07) is 11.6. The van der Waals surface area contributed by atoms with Crippen LogP contribution in [0, 0.1) is 6.92 Å². The molecule has 4 rings (SSSR count). The fourth-order valence-corrected chi connectivity index (χ4v) is 2.97. The molecule has 2 heterocycles. The van der Waals surface area contributed by atoms with Crippen LogP contribution in [0.4, 0.5) is 0 Å². The van der Waals surface area contributed by atoms with Gasteiger partial charge in [-0.05, 0) is 31.9 Å². The van der Waals surface area contributed by atoms with Crippen LogP contribution in [0.25, 0.3) is 10.9 Å². The molecule has 0 radical (unpaired) electrons. The largest absolute Gasteiger partial charge is 0.361 e. The van der Waals surface area contributed by atoms with Crippen LogP contribution in [0.2, 0.25) is 0 Å². The minimum atomic E-state index is -0.0175. The van der Waals surface area contributed by atoms with Gasteiger partial charge in [-0.3, -0.25) is 9.78 Å². The van der Waals surface area contributed by atoms with Crippen LogP contribution in [0.5, 0.6) is 0 Å². The molecule has 0 aliphatic heterocycles. The molecule has 1 fully saturated rings. The summed E-state index contributed by atoms with van der Waals surface area (Å²) < 4.78 is 5.08. The average Bonchev–Trinajstić information content (AvgIpc) is 3.36. The summed E-state index contributed by atoms with van der Waals surface area (Å²) >= 11 is 0. The van der Waals surface area contributed by atoms with Crippen LogP contribution < -0.4 is 0 Å². The normalized spacial score (nSPS) is 14.1. The van der Waals surface area contributed by atoms with E-state index in [2.05, 4.69) is 5.16 Å². The van der Waals surface area contributed by atoms with Crippen LogP contribution in [0.1, 0.15) is 46.3 Å². The van der Waals surface area contributed by atoms with E-state index in [0.717, 1.165) is 40.9 Å². The van der Waals surface area contributed by atoms with E-state index in [9.17, 15) is 4.79 Å². The first-order valence-corrected chi connectivity index (χ1v) is 8.19. The van der Waals surface area contributed by atoms with Crippen LogP contribution in [0.3, 0.4) is 0 Å². The Morgan fingerprint density at radius 1 is 1.29 bits per heavy atom. The molecule has 0 bridgehead atoms. The molecular formula is C19H19N3O2. The molecule has 1 aromatic carbocycles. The van der Waals surface area contributed by atoms with E-state index in [1.54, 1.807) is 11.9 Å². The Morgan fingerprint density at radius 3 is 2.79 bits per heavy atom. The standard InChI is InChI=1S/C19H19N3O2/c1-12-9-14(21-24-12)11-22(2)19(23)16-10-18(13-7-8-13)20-17-6-4-3-5-15(16)17/h3-6,9-10,13H,7-8,11H2,1-2H3. The number of aromatic nitrogens is 2. The van der Waals surface area contributed by atoms with Gasteiger partial charge in [0.15, 0.2) is 0 Å². The average molecular weight is 321 g/mol. The second kappa shape index (κ2) is 5.74. The van der Waals surface area contributed by atoms with Gasteiger partial charge in [0.2, 0.25) is 0 Å². The highest BCUT2D eigenvalue weighted by molar-refractivity contribution is 6.06. The van der Waals surface area contributed by atoms with Crippen molar-refractivity contribution in [2.75, 3.05) is 7.05 Å². The smallest absolute Gasteiger partial charge is 0.254 e. The number of pyridine rings is 1. The van der Waals surface area contributed by atoms with Crippen molar-refractivity contribution in [2.24, 2.45) is 0 Å². The highest BCUT2D eigenvalue weighted by Crippen LogP contribution is 2.40. The van der Waals surface area contributed by atoms with Crippen LogP contribution in [0.15, 0.2) is 40.9 Å². The Balaban J connectivity index is 1.70. The fraction of sp³-hybridized carbons (Fsp3) is 0.316. The predicted molar refractivity (Wildman–Crippen MR) is 90.8 cm³/mol. The van der Waals surface area contributed by atoms with Gasteiger partial charge in [-0.25, -0.2) is 0 Å². The summed E-state index contributed by atoms with van der Waals surface area (Å²) in [4.78, 5) is 19.4. The monoisotopic (exact) mass is 321 g/mol. The number of amides is 1. The first kappa shape index (κ1) is 14.9. The molecule has 1 aliphatic carbocycles. The highest BCUT2D eigenvalue weighted by Gasteiger charge is 2.27. The summed E-state index contributed by atoms with van der Waals surface area (Å²) in [7, 11) is 1.79. The Kier molecular flexibility index (Phi) is 3.56. The van der Waals surface area contributed by atoms with E-state index in [1.165, 1.54) is 0 Å². The van der Waals surface area contributed by atoms with Crippen molar-refractivity contribution in [3.8, 4) is 0 Å². The topological polar surface area (TPSA) is 59.2 Å². The van der Waals surface area contributed by atoms with E-state index >= 15 is 0 Å². The molecule has 122 valence electrons. The molecule has 2 aromatic heterocycles. The maximum absolute atomic E-state index is 13.0. The number of carbonyl (C=O) groups excluding carboxylic acids is 1. The number of nitrogens with zero attached hydrogens (tertiary/aromatic N) is 3. The maximum atomic E-state index is 13.0. The lowest BCUT2D eigenvalue weighted by Crippen LogP contribution is -2.26. The van der Waals surface area contributed by atoms with Gasteiger partial charge in [-0.2, -0.15) is 0 Å². The van der Waals surface area contributed by atoms with Crippen molar-refractivity contribution in [1.29, 1.82) is 0 Å². The number of aryl methyl sites for hydroxylation is 1. The van der Waals surface area contributed by atoms with Crippen molar-refractivity contribution < 1.29 is 9.32 Å². The minimum absolute atomic E-state index is 0.0175. The molecule has 24 heavy (non-hydrogen) atoms. The molecule has 1 saturated carbocycles. The summed E-state index contributed by atoms with van der Waals surface area (Å²) in [6.45, 7) is 2.27. The second-order valence-electron chi connectivity index (χ2n) is 6.48. The summed E-state index contributed by atoms with van der Waals surface area (Å²) in [5.74, 6) is 1.23. The fourth-order valence-electron chi connectivity index (χ4n) is 2.97. The minimum Gasteiger partial charge on any atom is -0.361 e. The molecule has 0 spiro atoms. The first-order chi connectivity index (χ1) is 11.6. The molecule has 5 heteroatoms. The zero-order valence-electron chi connectivity index (χ0n) is 13.8. The van der Waals surface area contributed by atoms with Gasteiger partial charge in [0.1, 0.15) is 11.5 Å². The molecule has 1 amide bonds. The number of fused-ring (bicyclic) bond motifs is 1. The van der Waals surface area contributed by atoms with Crippen molar-refractivity contribution in [3.63, 3.8) is 0 Å². The molecule has 3 aromatic rings. The van der Waals surface area contributed by atoms with Gasteiger partial charge in [-0.1, -0.05) is 23.4 Å². The second-order valence-corrected chi connectivity index (χ2v) is 6.48. The number of para-hydroxylation sites is 1. The van der Waals surface area contributed by atoms with Gasteiger partial charge in [0.05, 0.1) is 17.6 Å². The summed E-state index contributed by atoms with van der Waals surface area (Å²) in [6.07, 6.45) is 2.32. The molecule has 0 unspecified atom stereocenters. The Morgan fingerprint density at radius 2 is 2.08 bits per heavy atom. The molecule has 0 saturated heterocycles. The summed E-state index contributed by atoms with van der Waals surface area (Å²) in [5, 5.41) is 4.87. The van der Waals surface area contributed by atoms with Crippen LogP contribution >= 0.6 is 0 Å². The third-order valence-electron chi connectivity index (χ3n) is 4.38. The van der Waals surface area contributed by atoms with Gasteiger partial charge < -0.3 is 9.42 Å². The van der Waals surface area contributed by atoms with Crippen LogP contribution in [-0.2, 0) is 6.54 Å². The Bertz CT molecular complexity index is 912. The third-order valence-corrected chi connectivity index (χ3v) is 4.38. The molecular weight excluding hydrogens is 302 g/mol. The zero-order chi connectivity index (χ0) is 16.7. The van der Waals surface area contributed by atoms with Crippen molar-refractivity contribution in [1.82, 2.24) is 15.0 Å². The molecule has 1 aliphatic rings. The zero-order valence-corrected chi connectivity index (χ0v) is 13.8. The molecule has 0 atom stereocenters. The van der Waals surface area contributed by atoms with Crippen LogP contribution in [-0.4, -0.2) is 28.0 Å². The van der Waals surface area contributed by atoms with Crippen molar-refractivity contribution >= 4 is 16.8 Å². The van der Waals surface area contributed by atoms with E-state index < -0.39 is 0 Å². The van der Waals surface area contributed by atoms with Gasteiger partial charge >= 0.3 is 0 Å². The van der Waals surface area contributed by atoms with Gasteiger partial charge in [0, 0.05) is 30.1 Å². The van der Waals surface area contributed by atoms with E-state index in [1.807, 2.05) is 43.3 Å². The van der Waals surface area contributed by atoms with Gasteiger partial charge in [-0.15, -0.1) is 0 Å². The Labute approximate surface area is 140 Å². The first-order valence-electron chi connectivity index (χ1n) is 8.19. The summed E-state index contributed by atoms with van der Waals surface area (Å²) in [5.41, 5.74) is 3.38. The third kappa shape index (κ3) is 2.77. The lowest BCUT2D eigenvalue weighted by atomic mass is 10.0. The van der Waals surface area contributed by atoms with Gasteiger partial charge in [0.25, 0.3) is 5.91 Å². The quantitative estimate of drug-likeness (QED) is 0.735. The van der Waals surface area contributed by atoms with E-state index in [0.29, 0.717) is 18.0 Å². The van der Waals surface area contributed by atoms with E-state index in [-0.39, 0.29) is 5.91 Å². The number of rotatable bonds is 4. The van der Waals surface area contributed by atoms with Crippen molar-refractivity contribution in [2.45, 2.75) is 32.2 Å². The number of hydrogen-bond donors (Lipinski definition) is 0. The number of carbonyl (C=O) groups is 1. The number of hydrogen-bond acceptors (Lipinski definition) is 4. The van der Waals surface area contributed by atoms with E-state index in [4.69, 9.17) is 9.51 Å². The lowest BCUT2D eigenvalue weighted by Gasteiger charge is -2.17. The molecule has 5 nitrogen and oxygen atoms in total. The SMILES string of the molecule is Cc1cc(CN(C)C(=O)c2cc(C3CC3)nc3ccccc23)no1. The lowest BCUT2D eigenvalue weighted by molar-refractivity contribution is 0.0784. The Hall–Kier alpha value is -2.69. The predicted octanol–water partition coefficient (Wildman–Crippen LogP) is 3.68. The van der Waals surface area contributed by atoms with Crippen molar-refractivity contribution in [3.05, 3.63) is 59.1 Å². The number of benzene rings is 1. The molecule has 0 N–H and O–H groups in total. The maximum Gasteiger partial charge on any atom is 0.254 e. The highest BCUT2D eigenvalue weighted by atomic mass is 16.5.